The second-order valence-electron chi connectivity index (χ2n) is 4.37. The first-order valence-corrected chi connectivity index (χ1v) is 6.26. The van der Waals surface area contributed by atoms with Gasteiger partial charge < -0.3 is 19.6 Å². The molecule has 0 radical (unpaired) electrons. The van der Waals surface area contributed by atoms with E-state index in [1.165, 1.54) is 0 Å². The van der Waals surface area contributed by atoms with Crippen molar-refractivity contribution >= 4 is 0 Å². The van der Waals surface area contributed by atoms with E-state index in [1.807, 2.05) is 43.3 Å². The van der Waals surface area contributed by atoms with Crippen LogP contribution in [0, 0.1) is 6.92 Å². The van der Waals surface area contributed by atoms with Crippen LogP contribution in [0.3, 0.4) is 0 Å². The lowest BCUT2D eigenvalue weighted by molar-refractivity contribution is 0.271. The van der Waals surface area contributed by atoms with E-state index in [1.54, 1.807) is 7.11 Å². The van der Waals surface area contributed by atoms with Gasteiger partial charge in [0.15, 0.2) is 0 Å². The monoisotopic (exact) mass is 261 g/mol. The molecule has 4 heteroatoms. The Kier molecular flexibility index (Phi) is 4.47. The van der Waals surface area contributed by atoms with Gasteiger partial charge in [-0.05, 0) is 43.3 Å². The molecular weight excluding hydrogens is 242 g/mol. The van der Waals surface area contributed by atoms with Gasteiger partial charge in [0.2, 0.25) is 0 Å². The highest BCUT2D eigenvalue weighted by Crippen LogP contribution is 2.21. The fourth-order valence-corrected chi connectivity index (χ4v) is 1.81. The molecule has 4 nitrogen and oxygen atoms in total. The second-order valence-corrected chi connectivity index (χ2v) is 4.37. The zero-order valence-electron chi connectivity index (χ0n) is 11.3. The summed E-state index contributed by atoms with van der Waals surface area (Å²) in [6.45, 7) is 2.90. The molecule has 0 aliphatic heterocycles. The van der Waals surface area contributed by atoms with E-state index in [0.29, 0.717) is 13.2 Å². The Morgan fingerprint density at radius 3 is 2.32 bits per heavy atom. The van der Waals surface area contributed by atoms with Crippen LogP contribution in [0.5, 0.6) is 11.5 Å². The van der Waals surface area contributed by atoms with Gasteiger partial charge in [-0.2, -0.15) is 0 Å². The molecule has 1 aromatic heterocycles. The Morgan fingerprint density at radius 1 is 1.11 bits per heavy atom. The molecule has 0 bridgehead atoms. The van der Waals surface area contributed by atoms with Crippen molar-refractivity contribution in [3.63, 3.8) is 0 Å². The molecule has 1 heterocycles. The van der Waals surface area contributed by atoms with Crippen LogP contribution in [0.25, 0.3) is 0 Å². The number of hydrogen-bond acceptors (Lipinski definition) is 4. The lowest BCUT2D eigenvalue weighted by atomic mass is 10.1. The topological polar surface area (TPSA) is 57.6 Å². The first-order valence-electron chi connectivity index (χ1n) is 6.26. The maximum absolute atomic E-state index is 5.76. The summed E-state index contributed by atoms with van der Waals surface area (Å²) in [6, 6.07) is 11.4. The van der Waals surface area contributed by atoms with Crippen LogP contribution in [-0.2, 0) is 0 Å². The number of aryl methyl sites for hydroxylation is 1. The van der Waals surface area contributed by atoms with E-state index in [2.05, 4.69) is 0 Å². The number of methoxy groups -OCH3 is 1. The Balaban J connectivity index is 1.95. The Hall–Kier alpha value is -1.94. The van der Waals surface area contributed by atoms with Crippen molar-refractivity contribution in [1.29, 1.82) is 0 Å². The fourth-order valence-electron chi connectivity index (χ4n) is 1.81. The average molecular weight is 261 g/mol. The molecule has 1 unspecified atom stereocenters. The molecule has 0 fully saturated rings. The highest BCUT2D eigenvalue weighted by molar-refractivity contribution is 5.31. The summed E-state index contributed by atoms with van der Waals surface area (Å²) in [5.41, 5.74) is 5.76. The van der Waals surface area contributed by atoms with E-state index in [0.717, 1.165) is 23.0 Å². The average Bonchev–Trinajstić information content (AvgIpc) is 2.87. The van der Waals surface area contributed by atoms with Crippen LogP contribution in [0.15, 0.2) is 40.8 Å². The van der Waals surface area contributed by atoms with Crippen molar-refractivity contribution < 1.29 is 13.9 Å². The molecule has 1 aromatic carbocycles. The highest BCUT2D eigenvalue weighted by Gasteiger charge is 2.14. The minimum atomic E-state index is 0.0656. The zero-order valence-corrected chi connectivity index (χ0v) is 11.3. The number of furan rings is 1. The van der Waals surface area contributed by atoms with Crippen LogP contribution in [0.1, 0.15) is 17.4 Å². The third-order valence-corrected chi connectivity index (χ3v) is 2.96. The largest absolute Gasteiger partial charge is 0.497 e. The molecule has 2 N–H and O–H groups in total. The number of rotatable bonds is 6. The molecule has 0 aliphatic carbocycles. The molecule has 2 rings (SSSR count). The van der Waals surface area contributed by atoms with Gasteiger partial charge in [-0.25, -0.2) is 0 Å². The lowest BCUT2D eigenvalue weighted by Gasteiger charge is -2.14. The molecule has 0 saturated carbocycles. The molecule has 0 spiro atoms. The Morgan fingerprint density at radius 2 is 1.79 bits per heavy atom. The predicted molar refractivity (Wildman–Crippen MR) is 73.7 cm³/mol. The van der Waals surface area contributed by atoms with Crippen LogP contribution in [-0.4, -0.2) is 20.3 Å². The van der Waals surface area contributed by atoms with E-state index < -0.39 is 0 Å². The third kappa shape index (κ3) is 3.51. The number of hydrogen-bond donors (Lipinski definition) is 1. The standard InChI is InChI=1S/C15H19NO3/c1-11-3-8-15(19-11)12(9-16)10-18-14-6-4-13(17-2)5-7-14/h3-8,12H,9-10,16H2,1-2H3. The quantitative estimate of drug-likeness (QED) is 0.868. The van der Waals surface area contributed by atoms with Gasteiger partial charge >= 0.3 is 0 Å². The van der Waals surface area contributed by atoms with Gasteiger partial charge in [0, 0.05) is 6.54 Å². The third-order valence-electron chi connectivity index (χ3n) is 2.96. The number of ether oxygens (including phenoxy) is 2. The number of benzene rings is 1. The van der Waals surface area contributed by atoms with Crippen LogP contribution in [0.4, 0.5) is 0 Å². The molecule has 102 valence electrons. The second kappa shape index (κ2) is 6.29. The Labute approximate surface area is 113 Å². The predicted octanol–water partition coefficient (Wildman–Crippen LogP) is 2.72. The molecule has 1 atom stereocenters. The molecule has 2 aromatic rings. The van der Waals surface area contributed by atoms with E-state index in [9.17, 15) is 0 Å². The van der Waals surface area contributed by atoms with Gasteiger partial charge in [0.25, 0.3) is 0 Å². The maximum Gasteiger partial charge on any atom is 0.119 e. The summed E-state index contributed by atoms with van der Waals surface area (Å²) in [5, 5.41) is 0. The molecule has 0 aliphatic rings. The van der Waals surface area contributed by atoms with E-state index >= 15 is 0 Å². The Bertz CT molecular complexity index is 504. The SMILES string of the molecule is COc1ccc(OCC(CN)c2ccc(C)o2)cc1. The molecule has 0 saturated heterocycles. The van der Waals surface area contributed by atoms with Crippen LogP contribution >= 0.6 is 0 Å². The summed E-state index contributed by atoms with van der Waals surface area (Å²) in [5.74, 6) is 3.43. The fraction of sp³-hybridized carbons (Fsp3) is 0.333. The van der Waals surface area contributed by atoms with Gasteiger partial charge in [-0.1, -0.05) is 0 Å². The van der Waals surface area contributed by atoms with Crippen LogP contribution in [0.2, 0.25) is 0 Å². The van der Waals surface area contributed by atoms with Gasteiger partial charge in [-0.3, -0.25) is 0 Å². The normalized spacial score (nSPS) is 12.2. The summed E-state index contributed by atoms with van der Waals surface area (Å²) >= 11 is 0. The molecular formula is C15H19NO3. The van der Waals surface area contributed by atoms with Crippen LogP contribution < -0.4 is 15.2 Å². The summed E-state index contributed by atoms with van der Waals surface area (Å²) in [7, 11) is 1.64. The van der Waals surface area contributed by atoms with Crippen molar-refractivity contribution in [2.24, 2.45) is 5.73 Å². The first kappa shape index (κ1) is 13.5. The summed E-state index contributed by atoms with van der Waals surface area (Å²) in [4.78, 5) is 0. The molecule has 0 amide bonds. The van der Waals surface area contributed by atoms with E-state index in [4.69, 9.17) is 19.6 Å². The van der Waals surface area contributed by atoms with Gasteiger partial charge in [0.1, 0.15) is 23.0 Å². The van der Waals surface area contributed by atoms with Crippen molar-refractivity contribution in [3.05, 3.63) is 47.9 Å². The van der Waals surface area contributed by atoms with E-state index in [-0.39, 0.29) is 5.92 Å². The minimum Gasteiger partial charge on any atom is -0.497 e. The van der Waals surface area contributed by atoms with Crippen molar-refractivity contribution in [3.8, 4) is 11.5 Å². The summed E-state index contributed by atoms with van der Waals surface area (Å²) < 4.78 is 16.4. The van der Waals surface area contributed by atoms with Crippen molar-refractivity contribution in [2.75, 3.05) is 20.3 Å². The number of nitrogens with two attached hydrogens (primary N) is 1. The lowest BCUT2D eigenvalue weighted by Crippen LogP contribution is -2.19. The zero-order chi connectivity index (χ0) is 13.7. The molecule has 19 heavy (non-hydrogen) atoms. The van der Waals surface area contributed by atoms with Crippen molar-refractivity contribution in [2.45, 2.75) is 12.8 Å². The van der Waals surface area contributed by atoms with Crippen molar-refractivity contribution in [1.82, 2.24) is 0 Å². The summed E-state index contributed by atoms with van der Waals surface area (Å²) in [6.07, 6.45) is 0. The highest BCUT2D eigenvalue weighted by atomic mass is 16.5. The van der Waals surface area contributed by atoms with Gasteiger partial charge in [-0.15, -0.1) is 0 Å². The van der Waals surface area contributed by atoms with Gasteiger partial charge in [0.05, 0.1) is 19.6 Å². The minimum absolute atomic E-state index is 0.0656. The maximum atomic E-state index is 5.76. The smallest absolute Gasteiger partial charge is 0.119 e. The first-order chi connectivity index (χ1) is 9.22.